The number of hydrogen-bond acceptors (Lipinski definition) is 12. The predicted molar refractivity (Wildman–Crippen MR) is 80.8 cm³/mol. The van der Waals surface area contributed by atoms with E-state index in [2.05, 4.69) is 11.6 Å². The SMILES string of the molecule is C=CC1=N[C@H]2[C@@H](O1)O[C@H](CO)[C@@H](O)[C@@H]2O[C@@H]1O[C@H](C(=O)[O-])[C@@H](O)[C@H](O)[C@H]1O.[Na+]. The van der Waals surface area contributed by atoms with E-state index < -0.39 is 73.9 Å². The van der Waals surface area contributed by atoms with Crippen LogP contribution in [0.15, 0.2) is 17.6 Å². The van der Waals surface area contributed by atoms with E-state index in [1.165, 1.54) is 6.08 Å². The molecule has 28 heavy (non-hydrogen) atoms. The maximum absolute atomic E-state index is 11.1. The first-order valence-electron chi connectivity index (χ1n) is 8.15. The molecule has 0 aromatic rings. The molecule has 0 amide bonds. The van der Waals surface area contributed by atoms with Crippen LogP contribution in [0.2, 0.25) is 0 Å². The molecule has 5 N–H and O–H groups in total. The van der Waals surface area contributed by atoms with Gasteiger partial charge in [-0.2, -0.15) is 0 Å². The molecule has 0 saturated carbocycles. The van der Waals surface area contributed by atoms with Crippen molar-refractivity contribution < 1.29 is 83.9 Å². The molecule has 3 heterocycles. The molecule has 0 spiro atoms. The predicted octanol–water partition coefficient (Wildman–Crippen LogP) is -8.01. The molecule has 0 radical (unpaired) electrons. The fourth-order valence-electron chi connectivity index (χ4n) is 3.15. The Balaban J connectivity index is 0.00000280. The molecule has 2 fully saturated rings. The van der Waals surface area contributed by atoms with Gasteiger partial charge in [0.05, 0.1) is 12.6 Å². The van der Waals surface area contributed by atoms with Crippen LogP contribution in [0.4, 0.5) is 0 Å². The number of fused-ring (bicyclic) bond motifs is 1. The van der Waals surface area contributed by atoms with Crippen LogP contribution in [0.1, 0.15) is 0 Å². The van der Waals surface area contributed by atoms with Crippen LogP contribution >= 0.6 is 0 Å². The van der Waals surface area contributed by atoms with E-state index in [1.807, 2.05) is 0 Å². The summed E-state index contributed by atoms with van der Waals surface area (Å²) in [6, 6.07) is -0.947. The summed E-state index contributed by atoms with van der Waals surface area (Å²) in [7, 11) is 0. The van der Waals surface area contributed by atoms with Gasteiger partial charge in [0.25, 0.3) is 0 Å². The second-order valence-corrected chi connectivity index (χ2v) is 6.31. The first-order valence-corrected chi connectivity index (χ1v) is 8.15. The number of carboxylic acids is 1. The van der Waals surface area contributed by atoms with Gasteiger partial charge in [0.2, 0.25) is 12.2 Å². The van der Waals surface area contributed by atoms with E-state index in [4.69, 9.17) is 18.9 Å². The molecule has 0 aliphatic carbocycles. The summed E-state index contributed by atoms with van der Waals surface area (Å²) >= 11 is 0. The summed E-state index contributed by atoms with van der Waals surface area (Å²) in [4.78, 5) is 15.2. The molecule has 13 heteroatoms. The van der Waals surface area contributed by atoms with Crippen molar-refractivity contribution in [2.75, 3.05) is 6.61 Å². The second kappa shape index (κ2) is 9.45. The van der Waals surface area contributed by atoms with Crippen molar-refractivity contribution >= 4 is 11.9 Å². The van der Waals surface area contributed by atoms with Crippen LogP contribution in [0.5, 0.6) is 0 Å². The zero-order valence-corrected chi connectivity index (χ0v) is 16.9. The monoisotopic (exact) mass is 413 g/mol. The topological polar surface area (TPSA) is 191 Å². The van der Waals surface area contributed by atoms with Crippen molar-refractivity contribution in [1.82, 2.24) is 0 Å². The van der Waals surface area contributed by atoms with Gasteiger partial charge in [-0.05, 0) is 6.08 Å². The Hall–Kier alpha value is -0.640. The van der Waals surface area contributed by atoms with Crippen molar-refractivity contribution in [3.63, 3.8) is 0 Å². The first-order chi connectivity index (χ1) is 12.8. The Labute approximate surface area is 181 Å². The number of aliphatic hydroxyl groups excluding tert-OH is 5. The van der Waals surface area contributed by atoms with E-state index in [-0.39, 0.29) is 35.5 Å². The minimum Gasteiger partial charge on any atom is -0.547 e. The first kappa shape index (κ1) is 23.6. The number of aliphatic carboxylic acids is 1. The molecule has 10 atom stereocenters. The normalized spacial score (nSPS) is 45.2. The zero-order chi connectivity index (χ0) is 19.9. The molecule has 152 valence electrons. The number of carbonyl (C=O) groups is 1. The van der Waals surface area contributed by atoms with Gasteiger partial charge >= 0.3 is 29.6 Å². The van der Waals surface area contributed by atoms with Gasteiger partial charge in [-0.1, -0.05) is 6.58 Å². The fraction of sp³-hybridized carbons (Fsp3) is 0.733. The molecule has 3 aliphatic heterocycles. The standard InChI is InChI=1S/C15H21NO11.Na/c1-2-5-16-6-11(7(18)4(3-17)24-14(6)25-5)26-15-10(21)8(19)9(20)12(27-15)13(22)23;/h2,4,6-12,14-15,17-21H,1,3H2,(H,22,23);/q;+1/p-1/t4-,6-,7-,8+,9+,10-,11-,12+,14-,15-;/m1./s1. The van der Waals surface area contributed by atoms with Crippen LogP contribution in [0, 0.1) is 0 Å². The second-order valence-electron chi connectivity index (χ2n) is 6.31. The van der Waals surface area contributed by atoms with Crippen LogP contribution in [0.25, 0.3) is 0 Å². The van der Waals surface area contributed by atoms with Crippen LogP contribution < -0.4 is 34.7 Å². The van der Waals surface area contributed by atoms with Gasteiger partial charge in [0, 0.05) is 0 Å². The maximum atomic E-state index is 11.1. The van der Waals surface area contributed by atoms with Crippen molar-refractivity contribution in [2.45, 2.75) is 61.3 Å². The maximum Gasteiger partial charge on any atom is 1.00 e. The summed E-state index contributed by atoms with van der Waals surface area (Å²) in [5.41, 5.74) is 0. The number of carboxylic acid groups (broad SMARTS) is 1. The average Bonchev–Trinajstić information content (AvgIpc) is 3.06. The Morgan fingerprint density at radius 1 is 1.18 bits per heavy atom. The van der Waals surface area contributed by atoms with E-state index in [1.54, 1.807) is 0 Å². The number of carbonyl (C=O) groups excluding carboxylic acids is 1. The molecule has 2 saturated heterocycles. The van der Waals surface area contributed by atoms with E-state index in [0.717, 1.165) is 0 Å². The molecule has 3 aliphatic rings. The van der Waals surface area contributed by atoms with Gasteiger partial charge in [-0.15, -0.1) is 0 Å². The van der Waals surface area contributed by atoms with Gasteiger partial charge in [0.1, 0.15) is 48.8 Å². The Morgan fingerprint density at radius 2 is 1.86 bits per heavy atom. The number of aliphatic imine (C=N–C) groups is 1. The minimum absolute atomic E-state index is 0. The Bertz CT molecular complexity index is 619. The van der Waals surface area contributed by atoms with Gasteiger partial charge < -0.3 is 54.4 Å². The largest absolute Gasteiger partial charge is 1.00 e. The fourth-order valence-corrected chi connectivity index (χ4v) is 3.15. The van der Waals surface area contributed by atoms with E-state index in [9.17, 15) is 35.4 Å². The number of nitrogens with zero attached hydrogens (tertiary/aromatic N) is 1. The average molecular weight is 413 g/mol. The molecule has 12 nitrogen and oxygen atoms in total. The van der Waals surface area contributed by atoms with Crippen molar-refractivity contribution in [1.29, 1.82) is 0 Å². The van der Waals surface area contributed by atoms with E-state index >= 15 is 0 Å². The Kier molecular flexibility index (Phi) is 7.98. The van der Waals surface area contributed by atoms with Gasteiger partial charge in [0.15, 0.2) is 6.29 Å². The Morgan fingerprint density at radius 3 is 2.43 bits per heavy atom. The van der Waals surface area contributed by atoms with Crippen molar-refractivity contribution in [2.24, 2.45) is 4.99 Å². The third kappa shape index (κ3) is 4.27. The smallest absolute Gasteiger partial charge is 0.547 e. The molecule has 0 aromatic carbocycles. The summed E-state index contributed by atoms with van der Waals surface area (Å²) in [6.45, 7) is 2.91. The minimum atomic E-state index is -1.97. The van der Waals surface area contributed by atoms with Crippen molar-refractivity contribution in [3.05, 3.63) is 12.7 Å². The van der Waals surface area contributed by atoms with Crippen molar-refractivity contribution in [3.8, 4) is 0 Å². The van der Waals surface area contributed by atoms with Gasteiger partial charge in [-0.3, -0.25) is 0 Å². The van der Waals surface area contributed by atoms with E-state index in [0.29, 0.717) is 0 Å². The molecular weight excluding hydrogens is 393 g/mol. The summed E-state index contributed by atoms with van der Waals surface area (Å²) in [6.07, 6.45) is -13.0. The summed E-state index contributed by atoms with van der Waals surface area (Å²) in [5.74, 6) is -1.73. The number of rotatable bonds is 5. The number of aliphatic hydroxyl groups is 5. The van der Waals surface area contributed by atoms with Crippen LogP contribution in [0.3, 0.4) is 0 Å². The zero-order valence-electron chi connectivity index (χ0n) is 14.9. The summed E-state index contributed by atoms with van der Waals surface area (Å²) < 4.78 is 21.2. The molecule has 0 unspecified atom stereocenters. The molecule has 0 aromatic heterocycles. The number of ether oxygens (including phenoxy) is 4. The number of hydrogen-bond donors (Lipinski definition) is 5. The van der Waals surface area contributed by atoms with Crippen LogP contribution in [-0.2, 0) is 23.7 Å². The third-order valence-corrected chi connectivity index (χ3v) is 4.60. The van der Waals surface area contributed by atoms with Gasteiger partial charge in [-0.25, -0.2) is 4.99 Å². The quantitative estimate of drug-likeness (QED) is 0.269. The molecule has 0 bridgehead atoms. The third-order valence-electron chi connectivity index (χ3n) is 4.60. The van der Waals surface area contributed by atoms with Crippen LogP contribution in [-0.4, -0.2) is 105 Å². The molecular formula is C15H20NNaO11. The molecule has 3 rings (SSSR count). The summed E-state index contributed by atoms with van der Waals surface area (Å²) in [5, 5.41) is 60.5.